The summed E-state index contributed by atoms with van der Waals surface area (Å²) >= 11 is 0. The zero-order valence-electron chi connectivity index (χ0n) is 30.6. The van der Waals surface area contributed by atoms with Gasteiger partial charge >= 0.3 is 21.1 Å². The first kappa shape index (κ1) is 35.4. The number of ether oxygens (including phenoxy) is 1. The number of fused-ring (bicyclic) bond motifs is 3. The number of hydrogen-bond donors (Lipinski definition) is 0. The minimum absolute atomic E-state index is 0. The predicted octanol–water partition coefficient (Wildman–Crippen LogP) is 11.3. The van der Waals surface area contributed by atoms with E-state index in [1.807, 2.05) is 30.5 Å². The molecular formula is C44H44N4OPt. The molecule has 3 aromatic heterocycles. The van der Waals surface area contributed by atoms with Crippen molar-refractivity contribution in [1.29, 1.82) is 0 Å². The molecular weight excluding hydrogens is 796 g/mol. The quantitative estimate of drug-likeness (QED) is 0.162. The van der Waals surface area contributed by atoms with Crippen LogP contribution in [-0.2, 0) is 31.9 Å². The van der Waals surface area contributed by atoms with Gasteiger partial charge in [-0.2, -0.15) is 17.2 Å². The first-order chi connectivity index (χ1) is 23.2. The SMILES string of the molecule is Cc1ccnc(-n2c3[c-]c(Oc4[c-]c(-n5nc(C(C)(C)C)c(-c6c(C)cc(C)cc6C)c5C(C)(C)C)ccc4)ccc3c3ccccc32)c1.[Pt+2]. The Kier molecular flexibility index (Phi) is 9.20. The van der Waals surface area contributed by atoms with Crippen molar-refractivity contribution in [2.24, 2.45) is 0 Å². The van der Waals surface area contributed by atoms with Gasteiger partial charge in [0.2, 0.25) is 0 Å². The van der Waals surface area contributed by atoms with E-state index in [2.05, 4.69) is 145 Å². The van der Waals surface area contributed by atoms with Gasteiger partial charge in [0.15, 0.2) is 0 Å². The van der Waals surface area contributed by atoms with Crippen molar-refractivity contribution in [2.75, 3.05) is 0 Å². The molecule has 0 N–H and O–H groups in total. The second-order valence-corrected chi connectivity index (χ2v) is 15.4. The first-order valence-electron chi connectivity index (χ1n) is 17.0. The summed E-state index contributed by atoms with van der Waals surface area (Å²) in [4.78, 5) is 4.72. The van der Waals surface area contributed by atoms with Crippen LogP contribution >= 0.6 is 0 Å². The molecule has 5 nitrogen and oxygen atoms in total. The van der Waals surface area contributed by atoms with Crippen LogP contribution in [-0.4, -0.2) is 19.3 Å². The number of hydrogen-bond acceptors (Lipinski definition) is 3. The van der Waals surface area contributed by atoms with Crippen molar-refractivity contribution < 1.29 is 25.8 Å². The fraction of sp³-hybridized carbons (Fsp3) is 0.273. The van der Waals surface area contributed by atoms with E-state index in [1.165, 1.54) is 27.8 Å². The molecule has 0 aliphatic carbocycles. The summed E-state index contributed by atoms with van der Waals surface area (Å²) in [6.07, 6.45) is 1.85. The number of benzene rings is 4. The van der Waals surface area contributed by atoms with E-state index in [-0.39, 0.29) is 31.9 Å². The van der Waals surface area contributed by atoms with Gasteiger partial charge in [-0.1, -0.05) is 83.0 Å². The number of aryl methyl sites for hydroxylation is 4. The molecule has 0 aliphatic rings. The van der Waals surface area contributed by atoms with Crippen LogP contribution in [0, 0.1) is 39.8 Å². The normalized spacial score (nSPS) is 12.0. The molecule has 6 heteroatoms. The molecule has 0 aliphatic heterocycles. The van der Waals surface area contributed by atoms with Crippen LogP contribution in [0.2, 0.25) is 0 Å². The van der Waals surface area contributed by atoms with Gasteiger partial charge in [-0.3, -0.25) is 4.68 Å². The van der Waals surface area contributed by atoms with Crippen molar-refractivity contribution in [1.82, 2.24) is 19.3 Å². The van der Waals surface area contributed by atoms with Crippen molar-refractivity contribution in [3.8, 4) is 34.1 Å². The van der Waals surface area contributed by atoms with Crippen LogP contribution in [0.4, 0.5) is 0 Å². The summed E-state index contributed by atoms with van der Waals surface area (Å²) in [7, 11) is 0. The van der Waals surface area contributed by atoms with Gasteiger partial charge in [0, 0.05) is 39.6 Å². The Bertz CT molecular complexity index is 2360. The van der Waals surface area contributed by atoms with Gasteiger partial charge < -0.3 is 9.30 Å². The monoisotopic (exact) mass is 839 g/mol. The number of rotatable bonds is 5. The van der Waals surface area contributed by atoms with E-state index < -0.39 is 0 Å². The largest absolute Gasteiger partial charge is 2.00 e. The molecule has 50 heavy (non-hydrogen) atoms. The predicted molar refractivity (Wildman–Crippen MR) is 202 cm³/mol. The molecule has 0 atom stereocenters. The maximum absolute atomic E-state index is 6.54. The van der Waals surface area contributed by atoms with Crippen LogP contribution in [0.3, 0.4) is 0 Å². The summed E-state index contributed by atoms with van der Waals surface area (Å²) < 4.78 is 10.8. The molecule has 0 bridgehead atoms. The molecule has 4 aromatic carbocycles. The molecule has 0 saturated carbocycles. The van der Waals surface area contributed by atoms with Gasteiger partial charge in [-0.05, 0) is 79.2 Å². The van der Waals surface area contributed by atoms with E-state index in [9.17, 15) is 0 Å². The Hall–Kier alpha value is -4.47. The van der Waals surface area contributed by atoms with Crippen LogP contribution in [0.15, 0.2) is 85.1 Å². The maximum atomic E-state index is 6.54. The van der Waals surface area contributed by atoms with Crippen molar-refractivity contribution in [3.63, 3.8) is 0 Å². The summed E-state index contributed by atoms with van der Waals surface area (Å²) in [5.74, 6) is 2.06. The Balaban J connectivity index is 0.00000432. The third-order valence-electron chi connectivity index (χ3n) is 9.12. The van der Waals surface area contributed by atoms with E-state index in [4.69, 9.17) is 14.8 Å². The Morgan fingerprint density at radius 2 is 1.36 bits per heavy atom. The second-order valence-electron chi connectivity index (χ2n) is 15.4. The second kappa shape index (κ2) is 13.0. The number of nitrogens with zero attached hydrogens (tertiary/aromatic N) is 4. The third kappa shape index (κ3) is 6.33. The van der Waals surface area contributed by atoms with Gasteiger partial charge in [0.05, 0.1) is 11.4 Å². The molecule has 7 aromatic rings. The van der Waals surface area contributed by atoms with E-state index in [0.717, 1.165) is 50.3 Å². The first-order valence-corrected chi connectivity index (χ1v) is 17.0. The molecule has 0 radical (unpaired) electrons. The Morgan fingerprint density at radius 3 is 2.04 bits per heavy atom. The van der Waals surface area contributed by atoms with Gasteiger partial charge in [-0.25, -0.2) is 4.98 Å². The average Bonchev–Trinajstić information content (AvgIpc) is 3.58. The van der Waals surface area contributed by atoms with E-state index in [0.29, 0.717) is 11.5 Å². The van der Waals surface area contributed by atoms with E-state index in [1.54, 1.807) is 0 Å². The third-order valence-corrected chi connectivity index (χ3v) is 9.12. The van der Waals surface area contributed by atoms with Crippen LogP contribution in [0.5, 0.6) is 11.5 Å². The fourth-order valence-corrected chi connectivity index (χ4v) is 7.17. The topological polar surface area (TPSA) is 44.9 Å². The number of para-hydroxylation sites is 1. The molecule has 0 fully saturated rings. The Morgan fingerprint density at radius 1 is 0.660 bits per heavy atom. The summed E-state index contributed by atoms with van der Waals surface area (Å²) in [6, 6.07) is 34.3. The molecule has 0 amide bonds. The van der Waals surface area contributed by atoms with Crippen molar-refractivity contribution in [3.05, 3.63) is 131 Å². The maximum Gasteiger partial charge on any atom is 2.00 e. The molecule has 0 saturated heterocycles. The van der Waals surface area contributed by atoms with Crippen molar-refractivity contribution >= 4 is 21.8 Å². The molecule has 0 spiro atoms. The standard InChI is InChI=1S/C44H44N4O.Pt/c1-27-20-21-45-38(24-27)47-36-17-12-11-16-34(36)35-19-18-33(26-37(35)47)49-32-15-13-14-31(25-32)48-42(44(8,9)10)40(41(46-48)43(5,6)7)39-29(3)22-28(2)23-30(39)4;/h11-24H,1-10H3;/q-2;+2. The number of aromatic nitrogens is 4. The van der Waals surface area contributed by atoms with Crippen LogP contribution in [0.25, 0.3) is 44.4 Å². The smallest absolute Gasteiger partial charge is 0.509 e. The van der Waals surface area contributed by atoms with Crippen LogP contribution < -0.4 is 4.74 Å². The molecule has 3 heterocycles. The van der Waals surface area contributed by atoms with Gasteiger partial charge in [0.1, 0.15) is 5.82 Å². The zero-order chi connectivity index (χ0) is 34.8. The van der Waals surface area contributed by atoms with Gasteiger partial charge in [-0.15, -0.1) is 35.7 Å². The molecule has 7 rings (SSSR count). The summed E-state index contributed by atoms with van der Waals surface area (Å²) in [6.45, 7) is 22.2. The van der Waals surface area contributed by atoms with Crippen LogP contribution in [0.1, 0.15) is 75.2 Å². The van der Waals surface area contributed by atoms with Gasteiger partial charge in [0.25, 0.3) is 0 Å². The Labute approximate surface area is 310 Å². The average molecular weight is 840 g/mol. The summed E-state index contributed by atoms with van der Waals surface area (Å²) in [5, 5.41) is 7.62. The molecule has 0 unspecified atom stereocenters. The fourth-order valence-electron chi connectivity index (χ4n) is 7.17. The summed E-state index contributed by atoms with van der Waals surface area (Å²) in [5.41, 5.74) is 12.1. The molecule has 256 valence electrons. The zero-order valence-corrected chi connectivity index (χ0v) is 32.9. The van der Waals surface area contributed by atoms with E-state index >= 15 is 0 Å². The minimum atomic E-state index is -0.212. The van der Waals surface area contributed by atoms with Crippen molar-refractivity contribution in [2.45, 2.75) is 80.1 Å². The minimum Gasteiger partial charge on any atom is -0.509 e. The number of pyridine rings is 1.